The van der Waals surface area contributed by atoms with E-state index in [1.807, 2.05) is 30.3 Å². The fraction of sp³-hybridized carbons (Fsp3) is 0.567. The van der Waals surface area contributed by atoms with Crippen molar-refractivity contribution >= 4 is 15.9 Å². The highest BCUT2D eigenvalue weighted by Gasteiger charge is 2.40. The van der Waals surface area contributed by atoms with Gasteiger partial charge in [-0.2, -0.15) is 4.31 Å². The van der Waals surface area contributed by atoms with Crippen LogP contribution in [0, 0.1) is 11.8 Å². The summed E-state index contributed by atoms with van der Waals surface area (Å²) in [5.41, 5.74) is 1.11. The molecule has 39 heavy (non-hydrogen) atoms. The third kappa shape index (κ3) is 7.60. The molecule has 3 atom stereocenters. The maximum Gasteiger partial charge on any atom is 0.243 e. The third-order valence-electron chi connectivity index (χ3n) is 8.11. The minimum atomic E-state index is -3.85. The number of amides is 1. The maximum atomic E-state index is 13.7. The Morgan fingerprint density at radius 1 is 1.08 bits per heavy atom. The summed E-state index contributed by atoms with van der Waals surface area (Å²) in [6, 6.07) is 16.2. The number of nitrogens with zero attached hydrogens (tertiary/aromatic N) is 2. The number of β-amino-alcohol motifs (C(OH)–C–C–N with tert-alkyl or cyclic N) is 1. The number of aliphatic hydroxyl groups excluding tert-OH is 2. The molecule has 1 saturated carbocycles. The monoisotopic (exact) mass is 558 g/mol. The highest BCUT2D eigenvalue weighted by Crippen LogP contribution is 2.32. The smallest absolute Gasteiger partial charge is 0.243 e. The molecule has 1 saturated heterocycles. The summed E-state index contributed by atoms with van der Waals surface area (Å²) in [4.78, 5) is 15.3. The summed E-state index contributed by atoms with van der Waals surface area (Å²) in [7, 11) is -2.32. The van der Waals surface area contributed by atoms with Gasteiger partial charge in [0.1, 0.15) is 5.75 Å². The topological polar surface area (TPSA) is 107 Å². The zero-order valence-electron chi connectivity index (χ0n) is 22.8. The second-order valence-corrected chi connectivity index (χ2v) is 12.9. The van der Waals surface area contributed by atoms with Gasteiger partial charge >= 0.3 is 0 Å². The van der Waals surface area contributed by atoms with Gasteiger partial charge in [0.05, 0.1) is 18.1 Å². The SMILES string of the molecule is COc1ccc(S(=O)(=O)N(CC(O)CN2C(=O)C(CCCO)C[C@@H]2Cc2ccccc2)CC2CCCC2)cc1. The minimum absolute atomic E-state index is 0.0243. The molecule has 4 rings (SSSR count). The molecule has 2 fully saturated rings. The Balaban J connectivity index is 1.51. The lowest BCUT2D eigenvalue weighted by atomic mass is 9.96. The average Bonchev–Trinajstić information content (AvgIpc) is 3.56. The average molecular weight is 559 g/mol. The first kappa shape index (κ1) is 29.5. The fourth-order valence-corrected chi connectivity index (χ4v) is 7.59. The molecule has 8 nitrogen and oxygen atoms in total. The molecule has 1 aliphatic carbocycles. The van der Waals surface area contributed by atoms with E-state index < -0.39 is 16.1 Å². The van der Waals surface area contributed by atoms with Gasteiger partial charge in [0.15, 0.2) is 0 Å². The van der Waals surface area contributed by atoms with Crippen LogP contribution in [0.4, 0.5) is 0 Å². The summed E-state index contributed by atoms with van der Waals surface area (Å²) in [5.74, 6) is 0.607. The van der Waals surface area contributed by atoms with Crippen molar-refractivity contribution in [2.45, 2.75) is 68.4 Å². The van der Waals surface area contributed by atoms with Crippen molar-refractivity contribution < 1.29 is 28.2 Å². The Kier molecular flexibility index (Phi) is 10.4. The van der Waals surface area contributed by atoms with Gasteiger partial charge in [-0.25, -0.2) is 8.42 Å². The number of likely N-dealkylation sites (tertiary alicyclic amines) is 1. The number of aliphatic hydroxyl groups is 2. The number of hydrogen-bond acceptors (Lipinski definition) is 6. The number of carbonyl (C=O) groups excluding carboxylic acids is 1. The summed E-state index contributed by atoms with van der Waals surface area (Å²) in [6.07, 6.45) is 5.58. The molecule has 2 unspecified atom stereocenters. The molecule has 1 heterocycles. The van der Waals surface area contributed by atoms with Crippen LogP contribution in [0.2, 0.25) is 0 Å². The van der Waals surface area contributed by atoms with Crippen molar-refractivity contribution in [1.29, 1.82) is 0 Å². The van der Waals surface area contributed by atoms with Crippen LogP contribution >= 0.6 is 0 Å². The predicted octanol–water partition coefficient (Wildman–Crippen LogP) is 3.47. The van der Waals surface area contributed by atoms with Gasteiger partial charge in [-0.05, 0) is 74.3 Å². The van der Waals surface area contributed by atoms with E-state index in [0.717, 1.165) is 31.2 Å². The third-order valence-corrected chi connectivity index (χ3v) is 9.96. The van der Waals surface area contributed by atoms with Gasteiger partial charge < -0.3 is 19.8 Å². The molecule has 214 valence electrons. The largest absolute Gasteiger partial charge is 0.497 e. The van der Waals surface area contributed by atoms with Crippen molar-refractivity contribution in [3.8, 4) is 5.75 Å². The van der Waals surface area contributed by atoms with Gasteiger partial charge in [-0.15, -0.1) is 0 Å². The van der Waals surface area contributed by atoms with Crippen LogP contribution < -0.4 is 4.74 Å². The molecule has 2 aromatic carbocycles. The molecule has 1 aliphatic heterocycles. The Hall–Kier alpha value is -2.46. The molecule has 0 radical (unpaired) electrons. The first-order chi connectivity index (χ1) is 18.8. The van der Waals surface area contributed by atoms with Crippen LogP contribution in [-0.2, 0) is 21.2 Å². The Labute approximate surface area is 232 Å². The van der Waals surface area contributed by atoms with Crippen molar-refractivity contribution in [3.05, 3.63) is 60.2 Å². The minimum Gasteiger partial charge on any atom is -0.497 e. The second-order valence-electron chi connectivity index (χ2n) is 10.9. The quantitative estimate of drug-likeness (QED) is 0.368. The van der Waals surface area contributed by atoms with Crippen molar-refractivity contribution in [1.82, 2.24) is 9.21 Å². The van der Waals surface area contributed by atoms with Gasteiger partial charge in [0.2, 0.25) is 15.9 Å². The molecule has 9 heteroatoms. The van der Waals surface area contributed by atoms with E-state index in [0.29, 0.717) is 38.0 Å². The van der Waals surface area contributed by atoms with Crippen LogP contribution in [0.25, 0.3) is 0 Å². The summed E-state index contributed by atoms with van der Waals surface area (Å²) in [6.45, 7) is 0.389. The second kappa shape index (κ2) is 13.7. The molecular formula is C30H42N2O6S. The molecular weight excluding hydrogens is 516 g/mol. The normalized spacial score (nSPS) is 21.1. The number of ether oxygens (including phenoxy) is 1. The Morgan fingerprint density at radius 3 is 2.41 bits per heavy atom. The lowest BCUT2D eigenvalue weighted by Crippen LogP contribution is -2.47. The fourth-order valence-electron chi connectivity index (χ4n) is 6.04. The van der Waals surface area contributed by atoms with E-state index in [9.17, 15) is 23.4 Å². The van der Waals surface area contributed by atoms with Gasteiger partial charge in [-0.3, -0.25) is 4.79 Å². The molecule has 2 aliphatic rings. The molecule has 1 amide bonds. The molecule has 2 N–H and O–H groups in total. The number of methoxy groups -OCH3 is 1. The van der Waals surface area contributed by atoms with Gasteiger partial charge in [-0.1, -0.05) is 43.2 Å². The van der Waals surface area contributed by atoms with Crippen molar-refractivity contribution in [2.75, 3.05) is 33.4 Å². The number of carbonyl (C=O) groups is 1. The van der Waals surface area contributed by atoms with Crippen LogP contribution in [0.1, 0.15) is 50.5 Å². The number of rotatable bonds is 14. The van der Waals surface area contributed by atoms with Crippen molar-refractivity contribution in [2.24, 2.45) is 11.8 Å². The summed E-state index contributed by atoms with van der Waals surface area (Å²) >= 11 is 0. The lowest BCUT2D eigenvalue weighted by Gasteiger charge is -2.31. The van der Waals surface area contributed by atoms with Crippen LogP contribution in [-0.4, -0.2) is 79.2 Å². The van der Waals surface area contributed by atoms with E-state index >= 15 is 0 Å². The summed E-state index contributed by atoms with van der Waals surface area (Å²) < 4.78 is 34.0. The van der Waals surface area contributed by atoms with E-state index in [1.165, 1.54) is 23.5 Å². The van der Waals surface area contributed by atoms with E-state index in [1.54, 1.807) is 17.0 Å². The molecule has 0 spiro atoms. The standard InChI is InChI=1S/C30H42N2O6S/c1-38-28-13-15-29(16-14-28)39(36,37)31(20-24-10-5-6-11-24)21-27(34)22-32-26(18-23-8-3-2-4-9-23)19-25(30(32)35)12-7-17-33/h2-4,8-9,13-16,24-27,33-34H,5-7,10-12,17-22H2,1H3/t25?,26-,27?/m0/s1. The van der Waals surface area contributed by atoms with E-state index in [2.05, 4.69) is 0 Å². The summed E-state index contributed by atoms with van der Waals surface area (Å²) in [5, 5.41) is 20.6. The van der Waals surface area contributed by atoms with E-state index in [4.69, 9.17) is 4.74 Å². The van der Waals surface area contributed by atoms with Crippen LogP contribution in [0.15, 0.2) is 59.5 Å². The molecule has 2 aromatic rings. The zero-order chi connectivity index (χ0) is 27.8. The zero-order valence-corrected chi connectivity index (χ0v) is 23.6. The number of hydrogen-bond donors (Lipinski definition) is 2. The highest BCUT2D eigenvalue weighted by molar-refractivity contribution is 7.89. The van der Waals surface area contributed by atoms with Gasteiger partial charge in [0.25, 0.3) is 0 Å². The first-order valence-corrected chi connectivity index (χ1v) is 15.5. The van der Waals surface area contributed by atoms with Crippen LogP contribution in [0.5, 0.6) is 5.75 Å². The highest BCUT2D eigenvalue weighted by atomic mass is 32.2. The first-order valence-electron chi connectivity index (χ1n) is 14.1. The maximum absolute atomic E-state index is 13.7. The van der Waals surface area contributed by atoms with E-state index in [-0.39, 0.29) is 48.4 Å². The van der Waals surface area contributed by atoms with Gasteiger partial charge in [0, 0.05) is 38.2 Å². The van der Waals surface area contributed by atoms with Crippen LogP contribution in [0.3, 0.4) is 0 Å². The predicted molar refractivity (Wildman–Crippen MR) is 150 cm³/mol. The Bertz CT molecular complexity index is 1150. The van der Waals surface area contributed by atoms with Crippen molar-refractivity contribution in [3.63, 3.8) is 0 Å². The molecule has 0 aromatic heterocycles. The molecule has 0 bridgehead atoms. The number of sulfonamides is 1. The number of benzene rings is 2. The lowest BCUT2D eigenvalue weighted by molar-refractivity contribution is -0.133. The Morgan fingerprint density at radius 2 is 1.77 bits per heavy atom.